The van der Waals surface area contributed by atoms with Crippen LogP contribution in [0.15, 0.2) is 46.9 Å². The highest BCUT2D eigenvalue weighted by molar-refractivity contribution is 6.05. The molecular formula is C21H23NO3. The lowest BCUT2D eigenvalue weighted by Gasteiger charge is -2.32. The second kappa shape index (κ2) is 5.84. The summed E-state index contributed by atoms with van der Waals surface area (Å²) >= 11 is 0. The van der Waals surface area contributed by atoms with Crippen LogP contribution in [0.3, 0.4) is 0 Å². The van der Waals surface area contributed by atoms with Gasteiger partial charge in [-0.1, -0.05) is 36.4 Å². The molecule has 0 spiro atoms. The van der Waals surface area contributed by atoms with E-state index in [0.29, 0.717) is 11.8 Å². The number of likely N-dealkylation sites (tertiary alicyclic amines) is 1. The minimum Gasteiger partial charge on any atom is -0.456 e. The van der Waals surface area contributed by atoms with Gasteiger partial charge >= 0.3 is 0 Å². The van der Waals surface area contributed by atoms with Crippen molar-refractivity contribution in [1.82, 2.24) is 4.90 Å². The highest BCUT2D eigenvalue weighted by atomic mass is 16.3. The SMILES string of the molecule is O[C@@H]1C[C@@H]2CN(Cc3cccc4c3oc3ccccc34)C[C@@H]2C[C@H]1O. The average Bonchev–Trinajstić information content (AvgIpc) is 3.17. The normalized spacial score (nSPS) is 30.2. The van der Waals surface area contributed by atoms with Crippen molar-refractivity contribution in [2.24, 2.45) is 11.8 Å². The smallest absolute Gasteiger partial charge is 0.139 e. The lowest BCUT2D eigenvalue weighted by atomic mass is 9.79. The average molecular weight is 337 g/mol. The zero-order chi connectivity index (χ0) is 17.0. The third-order valence-corrected chi connectivity index (χ3v) is 6.06. The Labute approximate surface area is 146 Å². The van der Waals surface area contributed by atoms with Crippen LogP contribution in [-0.2, 0) is 6.54 Å². The third-order valence-electron chi connectivity index (χ3n) is 6.06. The molecule has 1 aromatic heterocycles. The van der Waals surface area contributed by atoms with Crippen molar-refractivity contribution in [3.05, 3.63) is 48.0 Å². The van der Waals surface area contributed by atoms with E-state index >= 15 is 0 Å². The number of fused-ring (bicyclic) bond motifs is 4. The molecular weight excluding hydrogens is 314 g/mol. The van der Waals surface area contributed by atoms with Crippen molar-refractivity contribution in [2.45, 2.75) is 31.6 Å². The predicted octanol–water partition coefficient (Wildman–Crippen LogP) is 3.15. The predicted molar refractivity (Wildman–Crippen MR) is 97.2 cm³/mol. The molecule has 4 heteroatoms. The number of aliphatic hydroxyl groups excluding tert-OH is 2. The first-order valence-corrected chi connectivity index (χ1v) is 9.16. The highest BCUT2D eigenvalue weighted by Gasteiger charge is 2.41. The molecule has 1 aliphatic heterocycles. The third kappa shape index (κ3) is 2.56. The zero-order valence-electron chi connectivity index (χ0n) is 14.1. The molecule has 5 rings (SSSR count). The van der Waals surface area contributed by atoms with Gasteiger partial charge in [-0.3, -0.25) is 4.90 Å². The maximum atomic E-state index is 9.94. The van der Waals surface area contributed by atoms with E-state index in [0.717, 1.165) is 43.6 Å². The molecule has 0 unspecified atom stereocenters. The summed E-state index contributed by atoms with van der Waals surface area (Å²) < 4.78 is 6.14. The van der Waals surface area contributed by atoms with E-state index in [1.807, 2.05) is 18.2 Å². The molecule has 1 aliphatic carbocycles. The summed E-state index contributed by atoms with van der Waals surface area (Å²) in [5.41, 5.74) is 3.14. The summed E-state index contributed by atoms with van der Waals surface area (Å²) in [6.07, 6.45) is 0.328. The number of aliphatic hydroxyl groups is 2. The van der Waals surface area contributed by atoms with Gasteiger partial charge in [-0.2, -0.15) is 0 Å². The standard InChI is InChI=1S/C21H23NO3/c23-18-8-14-11-22(12-15(14)9-19(18)24)10-13-4-3-6-17-16-5-1-2-7-20(16)25-21(13)17/h1-7,14-15,18-19,23-24H,8-12H2/t14-,15+,18-,19-/m1/s1. The van der Waals surface area contributed by atoms with Gasteiger partial charge in [0.2, 0.25) is 0 Å². The van der Waals surface area contributed by atoms with E-state index in [1.165, 1.54) is 16.3 Å². The zero-order valence-corrected chi connectivity index (χ0v) is 14.1. The fraction of sp³-hybridized carbons (Fsp3) is 0.429. The van der Waals surface area contributed by atoms with Crippen LogP contribution in [0.1, 0.15) is 18.4 Å². The van der Waals surface area contributed by atoms with Crippen LogP contribution in [0.5, 0.6) is 0 Å². The Kier molecular flexibility index (Phi) is 3.59. The second-order valence-corrected chi connectivity index (χ2v) is 7.71. The molecule has 4 nitrogen and oxygen atoms in total. The van der Waals surface area contributed by atoms with Crippen molar-refractivity contribution in [3.63, 3.8) is 0 Å². The van der Waals surface area contributed by atoms with Gasteiger partial charge in [0, 0.05) is 36.0 Å². The number of para-hydroxylation sites is 2. The molecule has 2 aliphatic rings. The monoisotopic (exact) mass is 337 g/mol. The molecule has 3 aromatic rings. The molecule has 2 N–H and O–H groups in total. The molecule has 0 bridgehead atoms. The molecule has 130 valence electrons. The summed E-state index contributed by atoms with van der Waals surface area (Å²) in [5, 5.41) is 22.2. The van der Waals surface area contributed by atoms with Crippen molar-refractivity contribution in [2.75, 3.05) is 13.1 Å². The Morgan fingerprint density at radius 3 is 2.32 bits per heavy atom. The van der Waals surface area contributed by atoms with Gasteiger partial charge in [0.25, 0.3) is 0 Å². The minimum atomic E-state index is -0.556. The molecule has 4 atom stereocenters. The first-order valence-electron chi connectivity index (χ1n) is 9.16. The first kappa shape index (κ1) is 15.4. The Hall–Kier alpha value is -1.88. The number of furan rings is 1. The lowest BCUT2D eigenvalue weighted by Crippen LogP contribution is -2.38. The number of nitrogens with zero attached hydrogens (tertiary/aromatic N) is 1. The number of benzene rings is 2. The lowest BCUT2D eigenvalue weighted by molar-refractivity contribution is -0.0372. The van der Waals surface area contributed by atoms with Crippen LogP contribution < -0.4 is 0 Å². The van der Waals surface area contributed by atoms with Gasteiger partial charge in [-0.15, -0.1) is 0 Å². The summed E-state index contributed by atoms with van der Waals surface area (Å²) in [6.45, 7) is 2.84. The number of hydrogen-bond donors (Lipinski definition) is 2. The van der Waals surface area contributed by atoms with Crippen molar-refractivity contribution in [1.29, 1.82) is 0 Å². The van der Waals surface area contributed by atoms with E-state index < -0.39 is 12.2 Å². The Morgan fingerprint density at radius 1 is 0.880 bits per heavy atom. The largest absolute Gasteiger partial charge is 0.456 e. The molecule has 1 saturated carbocycles. The molecule has 2 fully saturated rings. The van der Waals surface area contributed by atoms with Gasteiger partial charge in [0.05, 0.1) is 12.2 Å². The highest BCUT2D eigenvalue weighted by Crippen LogP contribution is 2.38. The fourth-order valence-electron chi connectivity index (χ4n) is 4.80. The quantitative estimate of drug-likeness (QED) is 0.754. The Morgan fingerprint density at radius 2 is 1.56 bits per heavy atom. The fourth-order valence-corrected chi connectivity index (χ4v) is 4.80. The van der Waals surface area contributed by atoms with Gasteiger partial charge in [0.1, 0.15) is 11.2 Å². The van der Waals surface area contributed by atoms with Gasteiger partial charge in [-0.05, 0) is 30.7 Å². The summed E-state index contributed by atoms with van der Waals surface area (Å²) in [4.78, 5) is 2.45. The van der Waals surface area contributed by atoms with E-state index in [-0.39, 0.29) is 0 Å². The van der Waals surface area contributed by atoms with Crippen LogP contribution in [-0.4, -0.2) is 40.4 Å². The maximum Gasteiger partial charge on any atom is 0.139 e. The Bertz CT molecular complexity index is 900. The Balaban J connectivity index is 1.43. The topological polar surface area (TPSA) is 56.8 Å². The molecule has 0 radical (unpaired) electrons. The van der Waals surface area contributed by atoms with Gasteiger partial charge in [-0.25, -0.2) is 0 Å². The molecule has 0 amide bonds. The maximum absolute atomic E-state index is 9.94. The van der Waals surface area contributed by atoms with Crippen LogP contribution in [0.2, 0.25) is 0 Å². The van der Waals surface area contributed by atoms with Crippen LogP contribution in [0.4, 0.5) is 0 Å². The number of rotatable bonds is 2. The van der Waals surface area contributed by atoms with Crippen LogP contribution in [0.25, 0.3) is 21.9 Å². The minimum absolute atomic E-state index is 0.494. The second-order valence-electron chi connectivity index (χ2n) is 7.71. The van der Waals surface area contributed by atoms with Crippen molar-refractivity contribution in [3.8, 4) is 0 Å². The number of hydrogen-bond acceptors (Lipinski definition) is 4. The summed E-state index contributed by atoms with van der Waals surface area (Å²) in [6, 6.07) is 14.6. The van der Waals surface area contributed by atoms with Gasteiger partial charge in [0.15, 0.2) is 0 Å². The van der Waals surface area contributed by atoms with E-state index in [9.17, 15) is 10.2 Å². The van der Waals surface area contributed by atoms with E-state index in [1.54, 1.807) is 0 Å². The van der Waals surface area contributed by atoms with E-state index in [4.69, 9.17) is 4.42 Å². The van der Waals surface area contributed by atoms with Crippen molar-refractivity contribution < 1.29 is 14.6 Å². The van der Waals surface area contributed by atoms with Gasteiger partial charge < -0.3 is 14.6 Å². The first-order chi connectivity index (χ1) is 12.2. The molecule has 2 aromatic carbocycles. The van der Waals surface area contributed by atoms with Crippen molar-refractivity contribution >= 4 is 21.9 Å². The molecule has 2 heterocycles. The van der Waals surface area contributed by atoms with E-state index in [2.05, 4.69) is 29.2 Å². The van der Waals surface area contributed by atoms with Crippen LogP contribution >= 0.6 is 0 Å². The van der Waals surface area contributed by atoms with Crippen LogP contribution in [0, 0.1) is 11.8 Å². The molecule has 1 saturated heterocycles. The summed E-state index contributed by atoms with van der Waals surface area (Å²) in [7, 11) is 0. The summed E-state index contributed by atoms with van der Waals surface area (Å²) in [5.74, 6) is 0.988. The molecule has 25 heavy (non-hydrogen) atoms.